The highest BCUT2D eigenvalue weighted by Crippen LogP contribution is 2.28. The van der Waals surface area contributed by atoms with Crippen molar-refractivity contribution in [3.05, 3.63) is 23.8 Å². The van der Waals surface area contributed by atoms with Crippen LogP contribution in [0.3, 0.4) is 0 Å². The Hall–Kier alpha value is -1.27. The maximum absolute atomic E-state index is 11.7. The molecule has 0 saturated heterocycles. The largest absolute Gasteiger partial charge is 0.493 e. The fraction of sp³-hybridized carbons (Fsp3) is 0.571. The van der Waals surface area contributed by atoms with Gasteiger partial charge in [-0.05, 0) is 44.5 Å². The highest BCUT2D eigenvalue weighted by molar-refractivity contribution is 7.91. The molecule has 0 radical (unpaired) electrons. The second kappa shape index (κ2) is 7.50. The molecule has 0 heterocycles. The summed E-state index contributed by atoms with van der Waals surface area (Å²) in [6.45, 7) is 3.99. The lowest BCUT2D eigenvalue weighted by atomic mass is 10.1. The summed E-state index contributed by atoms with van der Waals surface area (Å²) < 4.78 is 34.2. The fourth-order valence-electron chi connectivity index (χ4n) is 1.66. The highest BCUT2D eigenvalue weighted by atomic mass is 32.2. The Bertz CT molecular complexity index is 526. The van der Waals surface area contributed by atoms with Gasteiger partial charge in [-0.25, -0.2) is 8.42 Å². The van der Waals surface area contributed by atoms with Crippen molar-refractivity contribution < 1.29 is 17.9 Å². The Balaban J connectivity index is 2.73. The van der Waals surface area contributed by atoms with Crippen molar-refractivity contribution >= 4 is 9.84 Å². The zero-order valence-corrected chi connectivity index (χ0v) is 13.1. The first-order chi connectivity index (χ1) is 9.40. The minimum Gasteiger partial charge on any atom is -0.493 e. The van der Waals surface area contributed by atoms with Crippen molar-refractivity contribution in [3.8, 4) is 11.5 Å². The van der Waals surface area contributed by atoms with Gasteiger partial charge in [0.25, 0.3) is 0 Å². The molecule has 0 bridgehead atoms. The van der Waals surface area contributed by atoms with E-state index in [-0.39, 0.29) is 12.4 Å². The number of benzene rings is 1. The molecule has 114 valence electrons. The molecule has 6 heteroatoms. The molecule has 0 aliphatic rings. The van der Waals surface area contributed by atoms with Crippen molar-refractivity contribution in [2.45, 2.75) is 25.5 Å². The van der Waals surface area contributed by atoms with Crippen LogP contribution < -0.4 is 15.2 Å². The maximum atomic E-state index is 11.7. The normalized spacial score (nSPS) is 11.7. The number of hydrogen-bond donors (Lipinski definition) is 1. The zero-order valence-electron chi connectivity index (χ0n) is 12.3. The summed E-state index contributed by atoms with van der Waals surface area (Å²) in [5, 5.41) is -0.392. The average Bonchev–Trinajstić information content (AvgIpc) is 2.39. The van der Waals surface area contributed by atoms with Gasteiger partial charge in [-0.1, -0.05) is 6.07 Å². The molecule has 0 unspecified atom stereocenters. The third kappa shape index (κ3) is 4.68. The van der Waals surface area contributed by atoms with Crippen LogP contribution in [0.1, 0.15) is 19.4 Å². The smallest absolute Gasteiger partial charge is 0.161 e. The summed E-state index contributed by atoms with van der Waals surface area (Å²) in [5.74, 6) is 1.14. The van der Waals surface area contributed by atoms with E-state index in [1.807, 2.05) is 12.1 Å². The first kappa shape index (κ1) is 16.8. The molecule has 0 aromatic heterocycles. The van der Waals surface area contributed by atoms with Gasteiger partial charge in [-0.3, -0.25) is 0 Å². The van der Waals surface area contributed by atoms with E-state index in [0.29, 0.717) is 18.0 Å². The Labute approximate surface area is 121 Å². The van der Waals surface area contributed by atoms with Crippen molar-refractivity contribution in [2.24, 2.45) is 5.73 Å². The lowest BCUT2D eigenvalue weighted by Crippen LogP contribution is -2.22. The van der Waals surface area contributed by atoms with Crippen molar-refractivity contribution in [1.29, 1.82) is 0 Å². The van der Waals surface area contributed by atoms with Gasteiger partial charge >= 0.3 is 0 Å². The molecule has 0 saturated carbocycles. The van der Waals surface area contributed by atoms with Crippen LogP contribution in [0.2, 0.25) is 0 Å². The third-order valence-electron chi connectivity index (χ3n) is 3.00. The summed E-state index contributed by atoms with van der Waals surface area (Å²) in [5.41, 5.74) is 6.56. The van der Waals surface area contributed by atoms with Crippen LogP contribution in [-0.4, -0.2) is 39.7 Å². The number of methoxy groups -OCH3 is 1. The summed E-state index contributed by atoms with van der Waals surface area (Å²) >= 11 is 0. The lowest BCUT2D eigenvalue weighted by molar-refractivity contribution is 0.311. The molecule has 0 spiro atoms. The van der Waals surface area contributed by atoms with Gasteiger partial charge in [-0.2, -0.15) is 0 Å². The molecule has 5 nitrogen and oxygen atoms in total. The van der Waals surface area contributed by atoms with Crippen LogP contribution in [0.15, 0.2) is 18.2 Å². The van der Waals surface area contributed by atoms with E-state index in [1.165, 1.54) is 0 Å². The van der Waals surface area contributed by atoms with Gasteiger partial charge < -0.3 is 15.2 Å². The van der Waals surface area contributed by atoms with Crippen LogP contribution in [0, 0.1) is 0 Å². The number of sulfone groups is 1. The predicted octanol–water partition coefficient (Wildman–Crippen LogP) is 1.40. The van der Waals surface area contributed by atoms with Crippen LogP contribution in [0.4, 0.5) is 0 Å². The van der Waals surface area contributed by atoms with Gasteiger partial charge in [0, 0.05) is 0 Å². The van der Waals surface area contributed by atoms with Crippen LogP contribution >= 0.6 is 0 Å². The van der Waals surface area contributed by atoms with Crippen LogP contribution in [0.5, 0.6) is 11.5 Å². The predicted molar refractivity (Wildman–Crippen MR) is 80.2 cm³/mol. The summed E-state index contributed by atoms with van der Waals surface area (Å²) in [6.07, 6.45) is 0.741. The molecule has 1 aromatic rings. The molecule has 0 aliphatic carbocycles. The monoisotopic (exact) mass is 301 g/mol. The Morgan fingerprint density at radius 3 is 2.50 bits per heavy atom. The van der Waals surface area contributed by atoms with Gasteiger partial charge in [0.15, 0.2) is 21.3 Å². The average molecular weight is 301 g/mol. The van der Waals surface area contributed by atoms with E-state index in [9.17, 15) is 8.42 Å². The van der Waals surface area contributed by atoms with Crippen molar-refractivity contribution in [3.63, 3.8) is 0 Å². The van der Waals surface area contributed by atoms with Crippen LogP contribution in [0.25, 0.3) is 0 Å². The minimum absolute atomic E-state index is 0.00502. The summed E-state index contributed by atoms with van der Waals surface area (Å²) in [4.78, 5) is 0. The molecule has 0 fully saturated rings. The highest BCUT2D eigenvalue weighted by Gasteiger charge is 2.16. The Morgan fingerprint density at radius 2 is 1.95 bits per heavy atom. The zero-order chi connectivity index (χ0) is 15.2. The van der Waals surface area contributed by atoms with E-state index >= 15 is 0 Å². The SMILES string of the molecule is COc1ccc(CCN)cc1OCCS(=O)(=O)C(C)C. The third-order valence-corrected chi connectivity index (χ3v) is 5.18. The molecule has 20 heavy (non-hydrogen) atoms. The van der Waals surface area contributed by atoms with Crippen molar-refractivity contribution in [1.82, 2.24) is 0 Å². The van der Waals surface area contributed by atoms with Gasteiger partial charge in [0.1, 0.15) is 6.61 Å². The summed E-state index contributed by atoms with van der Waals surface area (Å²) in [6, 6.07) is 5.56. The molecule has 0 atom stereocenters. The number of ether oxygens (including phenoxy) is 2. The molecular weight excluding hydrogens is 278 g/mol. The van der Waals surface area contributed by atoms with Gasteiger partial charge in [0.05, 0.1) is 18.1 Å². The molecule has 2 N–H and O–H groups in total. The fourth-order valence-corrected chi connectivity index (χ4v) is 2.45. The molecule has 1 rings (SSSR count). The van der Waals surface area contributed by atoms with E-state index in [4.69, 9.17) is 15.2 Å². The standard InChI is InChI=1S/C14H23NO4S/c1-11(2)20(16,17)9-8-19-14-10-12(6-7-15)4-5-13(14)18-3/h4-5,10-11H,6-9,15H2,1-3H3. The number of hydrogen-bond acceptors (Lipinski definition) is 5. The Kier molecular flexibility index (Phi) is 6.29. The first-order valence-electron chi connectivity index (χ1n) is 6.62. The lowest BCUT2D eigenvalue weighted by Gasteiger charge is -2.13. The minimum atomic E-state index is -3.09. The topological polar surface area (TPSA) is 78.6 Å². The second-order valence-electron chi connectivity index (χ2n) is 4.79. The van der Waals surface area contributed by atoms with E-state index in [0.717, 1.165) is 12.0 Å². The van der Waals surface area contributed by atoms with Gasteiger partial charge in [0.2, 0.25) is 0 Å². The Morgan fingerprint density at radius 1 is 1.25 bits per heavy atom. The summed E-state index contributed by atoms with van der Waals surface area (Å²) in [7, 11) is -1.54. The van der Waals surface area contributed by atoms with E-state index < -0.39 is 15.1 Å². The molecule has 1 aromatic carbocycles. The number of nitrogens with two attached hydrogens (primary N) is 1. The molecule has 0 amide bonds. The number of rotatable bonds is 8. The first-order valence-corrected chi connectivity index (χ1v) is 8.33. The maximum Gasteiger partial charge on any atom is 0.161 e. The van der Waals surface area contributed by atoms with Crippen LogP contribution in [-0.2, 0) is 16.3 Å². The molecule has 0 aliphatic heterocycles. The molecular formula is C14H23NO4S. The van der Waals surface area contributed by atoms with E-state index in [2.05, 4.69) is 0 Å². The quantitative estimate of drug-likeness (QED) is 0.785. The van der Waals surface area contributed by atoms with Gasteiger partial charge in [-0.15, -0.1) is 0 Å². The van der Waals surface area contributed by atoms with E-state index in [1.54, 1.807) is 27.0 Å². The van der Waals surface area contributed by atoms with Crippen molar-refractivity contribution in [2.75, 3.05) is 26.0 Å². The second-order valence-corrected chi connectivity index (χ2v) is 7.46.